The highest BCUT2D eigenvalue weighted by Crippen LogP contribution is 2.19. The van der Waals surface area contributed by atoms with E-state index in [9.17, 15) is 14.4 Å². The molecule has 0 spiro atoms. The van der Waals surface area contributed by atoms with E-state index in [0.29, 0.717) is 13.0 Å². The minimum Gasteiger partial charge on any atom is -0.467 e. The Balaban J connectivity index is 2.60. The van der Waals surface area contributed by atoms with Crippen molar-refractivity contribution in [2.75, 3.05) is 13.7 Å². The molecule has 0 saturated carbocycles. The zero-order valence-electron chi connectivity index (χ0n) is 10.4. The molecular formula is C12H19NO4. The van der Waals surface area contributed by atoms with Gasteiger partial charge in [-0.15, -0.1) is 0 Å². The van der Waals surface area contributed by atoms with Crippen molar-refractivity contribution < 1.29 is 19.1 Å². The average molecular weight is 241 g/mol. The van der Waals surface area contributed by atoms with Gasteiger partial charge in [0.15, 0.2) is 0 Å². The van der Waals surface area contributed by atoms with E-state index in [1.165, 1.54) is 14.0 Å². The van der Waals surface area contributed by atoms with Crippen molar-refractivity contribution in [2.45, 2.75) is 45.1 Å². The molecule has 17 heavy (non-hydrogen) atoms. The van der Waals surface area contributed by atoms with Gasteiger partial charge < -0.3 is 14.4 Å². The molecule has 0 aromatic rings. The fraction of sp³-hybridized carbons (Fsp3) is 0.750. The third-order valence-corrected chi connectivity index (χ3v) is 2.99. The maximum absolute atomic E-state index is 11.9. The maximum Gasteiger partial charge on any atom is 0.328 e. The second-order valence-corrected chi connectivity index (χ2v) is 4.32. The summed E-state index contributed by atoms with van der Waals surface area (Å²) in [5, 5.41) is 0. The molecule has 0 N–H and O–H groups in total. The van der Waals surface area contributed by atoms with Crippen LogP contribution in [0.3, 0.4) is 0 Å². The largest absolute Gasteiger partial charge is 0.467 e. The third-order valence-electron chi connectivity index (χ3n) is 2.99. The van der Waals surface area contributed by atoms with Crippen molar-refractivity contribution >= 4 is 17.7 Å². The maximum atomic E-state index is 11.9. The predicted molar refractivity (Wildman–Crippen MR) is 61.3 cm³/mol. The summed E-state index contributed by atoms with van der Waals surface area (Å²) >= 11 is 0. The Morgan fingerprint density at radius 3 is 2.53 bits per heavy atom. The fourth-order valence-electron chi connectivity index (χ4n) is 2.04. The minimum absolute atomic E-state index is 0.00928. The molecule has 0 bridgehead atoms. The zero-order chi connectivity index (χ0) is 12.8. The van der Waals surface area contributed by atoms with E-state index in [2.05, 4.69) is 0 Å². The lowest BCUT2D eigenvalue weighted by molar-refractivity contribution is -0.154. The first kappa shape index (κ1) is 13.7. The number of rotatable bonds is 4. The van der Waals surface area contributed by atoms with Gasteiger partial charge in [-0.1, -0.05) is 0 Å². The molecule has 5 nitrogen and oxygen atoms in total. The van der Waals surface area contributed by atoms with E-state index < -0.39 is 6.04 Å². The fourth-order valence-corrected chi connectivity index (χ4v) is 2.04. The summed E-state index contributed by atoms with van der Waals surface area (Å²) in [6, 6.07) is -0.465. The van der Waals surface area contributed by atoms with Crippen LogP contribution in [0.2, 0.25) is 0 Å². The highest BCUT2D eigenvalue weighted by atomic mass is 16.5. The Morgan fingerprint density at radius 2 is 1.94 bits per heavy atom. The van der Waals surface area contributed by atoms with Gasteiger partial charge in [0.2, 0.25) is 5.91 Å². The Bertz CT molecular complexity index is 314. The van der Waals surface area contributed by atoms with Crippen LogP contribution in [-0.2, 0) is 19.1 Å². The van der Waals surface area contributed by atoms with Crippen LogP contribution in [0.15, 0.2) is 0 Å². The highest BCUT2D eigenvalue weighted by molar-refractivity contribution is 5.87. The van der Waals surface area contributed by atoms with Crippen molar-refractivity contribution in [3.63, 3.8) is 0 Å². The summed E-state index contributed by atoms with van der Waals surface area (Å²) < 4.78 is 4.70. The van der Waals surface area contributed by atoms with Gasteiger partial charge >= 0.3 is 5.97 Å². The summed E-state index contributed by atoms with van der Waals surface area (Å²) in [5.41, 5.74) is 0. The van der Waals surface area contributed by atoms with Gasteiger partial charge in [0.1, 0.15) is 11.8 Å². The number of amides is 1. The number of nitrogens with zero attached hydrogens (tertiary/aromatic N) is 1. The van der Waals surface area contributed by atoms with Gasteiger partial charge in [0.25, 0.3) is 0 Å². The number of hydrogen-bond donors (Lipinski definition) is 0. The summed E-state index contributed by atoms with van der Waals surface area (Å²) in [6.07, 6.45) is 2.90. The number of carbonyl (C=O) groups is 3. The molecule has 1 aliphatic rings. The number of hydrogen-bond acceptors (Lipinski definition) is 4. The molecular weight excluding hydrogens is 222 g/mol. The summed E-state index contributed by atoms with van der Waals surface area (Å²) in [7, 11) is 1.33. The van der Waals surface area contributed by atoms with Gasteiger partial charge in [-0.05, 0) is 26.2 Å². The average Bonchev–Trinajstić information content (AvgIpc) is 2.34. The highest BCUT2D eigenvalue weighted by Gasteiger charge is 2.32. The number of ether oxygens (including phenoxy) is 1. The molecule has 1 rings (SSSR count). The van der Waals surface area contributed by atoms with Gasteiger partial charge in [-0.3, -0.25) is 4.79 Å². The topological polar surface area (TPSA) is 63.7 Å². The quantitative estimate of drug-likeness (QED) is 0.686. The Morgan fingerprint density at radius 1 is 1.24 bits per heavy atom. The molecule has 0 radical (unpaired) electrons. The summed E-state index contributed by atoms with van der Waals surface area (Å²) in [4.78, 5) is 35.8. The van der Waals surface area contributed by atoms with Crippen molar-refractivity contribution in [1.29, 1.82) is 0 Å². The molecule has 1 saturated heterocycles. The second kappa shape index (κ2) is 6.37. The molecule has 0 aromatic carbocycles. The van der Waals surface area contributed by atoms with E-state index in [4.69, 9.17) is 4.74 Å². The van der Waals surface area contributed by atoms with Gasteiger partial charge in [0.05, 0.1) is 7.11 Å². The van der Waals surface area contributed by atoms with Crippen LogP contribution in [0.25, 0.3) is 0 Å². The van der Waals surface area contributed by atoms with Crippen LogP contribution < -0.4 is 0 Å². The van der Waals surface area contributed by atoms with Crippen LogP contribution in [0, 0.1) is 0 Å². The molecule has 1 fully saturated rings. The van der Waals surface area contributed by atoms with E-state index in [1.807, 2.05) is 0 Å². The first-order valence-corrected chi connectivity index (χ1v) is 5.93. The molecule has 0 aliphatic carbocycles. The number of carbonyl (C=O) groups excluding carboxylic acids is 3. The van der Waals surface area contributed by atoms with E-state index in [-0.39, 0.29) is 30.5 Å². The molecule has 1 unspecified atom stereocenters. The van der Waals surface area contributed by atoms with Crippen LogP contribution in [0.4, 0.5) is 0 Å². The van der Waals surface area contributed by atoms with Gasteiger partial charge in [0, 0.05) is 19.4 Å². The van der Waals surface area contributed by atoms with Gasteiger partial charge in [-0.25, -0.2) is 4.79 Å². The molecule has 1 aliphatic heterocycles. The molecule has 1 atom stereocenters. The SMILES string of the molecule is COC(=O)C1CCCCN1C(=O)CCC(C)=O. The Labute approximate surface area is 101 Å². The lowest BCUT2D eigenvalue weighted by atomic mass is 10.0. The van der Waals surface area contributed by atoms with Crippen molar-refractivity contribution in [1.82, 2.24) is 4.90 Å². The Hall–Kier alpha value is -1.39. The summed E-state index contributed by atoms with van der Waals surface area (Å²) in [6.45, 7) is 2.04. The standard InChI is InChI=1S/C12H19NO4/c1-9(14)6-7-11(15)13-8-4-3-5-10(13)12(16)17-2/h10H,3-8H2,1-2H3. The number of methoxy groups -OCH3 is 1. The number of esters is 1. The number of Topliss-reactive ketones (excluding diaryl/α,β-unsaturated/α-hetero) is 1. The second-order valence-electron chi connectivity index (χ2n) is 4.32. The predicted octanol–water partition coefficient (Wildman–Crippen LogP) is 0.910. The monoisotopic (exact) mass is 241 g/mol. The molecule has 96 valence electrons. The van der Waals surface area contributed by atoms with Gasteiger partial charge in [-0.2, -0.15) is 0 Å². The van der Waals surface area contributed by atoms with E-state index >= 15 is 0 Å². The molecule has 1 amide bonds. The first-order chi connectivity index (χ1) is 8.06. The first-order valence-electron chi connectivity index (χ1n) is 5.93. The van der Waals surface area contributed by atoms with E-state index in [0.717, 1.165) is 12.8 Å². The van der Waals surface area contributed by atoms with Crippen molar-refractivity contribution in [2.24, 2.45) is 0 Å². The Kier molecular flexibility index (Phi) is 5.12. The molecule has 1 heterocycles. The number of ketones is 1. The molecule has 0 aromatic heterocycles. The lowest BCUT2D eigenvalue weighted by Gasteiger charge is -2.33. The van der Waals surface area contributed by atoms with Crippen molar-refractivity contribution in [3.05, 3.63) is 0 Å². The van der Waals surface area contributed by atoms with Crippen LogP contribution >= 0.6 is 0 Å². The minimum atomic E-state index is -0.465. The van der Waals surface area contributed by atoms with Crippen LogP contribution in [0.1, 0.15) is 39.0 Å². The van der Waals surface area contributed by atoms with E-state index in [1.54, 1.807) is 4.90 Å². The number of likely N-dealkylation sites (tertiary alicyclic amines) is 1. The zero-order valence-corrected chi connectivity index (χ0v) is 10.4. The lowest BCUT2D eigenvalue weighted by Crippen LogP contribution is -2.48. The third kappa shape index (κ3) is 3.84. The molecule has 5 heteroatoms. The van der Waals surface area contributed by atoms with Crippen molar-refractivity contribution in [3.8, 4) is 0 Å². The smallest absolute Gasteiger partial charge is 0.328 e. The summed E-state index contributed by atoms with van der Waals surface area (Å²) in [5.74, 6) is -0.499. The normalized spacial score (nSPS) is 19.9. The van der Waals surface area contributed by atoms with Crippen LogP contribution in [0.5, 0.6) is 0 Å². The van der Waals surface area contributed by atoms with Crippen LogP contribution in [-0.4, -0.2) is 42.3 Å². The number of piperidine rings is 1.